The van der Waals surface area contributed by atoms with Gasteiger partial charge in [0.15, 0.2) is 0 Å². The van der Waals surface area contributed by atoms with Crippen LogP contribution in [0.1, 0.15) is 74.1 Å². The van der Waals surface area contributed by atoms with Gasteiger partial charge in [-0.1, -0.05) is 20.3 Å². The minimum atomic E-state index is -0.548. The molecule has 1 atom stereocenters. The summed E-state index contributed by atoms with van der Waals surface area (Å²) in [7, 11) is 0. The van der Waals surface area contributed by atoms with E-state index in [9.17, 15) is 9.59 Å². The molecule has 130 valence electrons. The van der Waals surface area contributed by atoms with Crippen molar-refractivity contribution >= 4 is 5.91 Å². The van der Waals surface area contributed by atoms with Crippen LogP contribution in [0.5, 0.6) is 0 Å². The van der Waals surface area contributed by atoms with Crippen molar-refractivity contribution in [1.29, 1.82) is 0 Å². The maximum Gasteiger partial charge on any atom is 0.349 e. The van der Waals surface area contributed by atoms with Crippen LogP contribution in [0.25, 0.3) is 0 Å². The summed E-state index contributed by atoms with van der Waals surface area (Å²) in [4.78, 5) is 26.6. The zero-order chi connectivity index (χ0) is 17.4. The van der Waals surface area contributed by atoms with Crippen molar-refractivity contribution in [3.63, 3.8) is 0 Å². The summed E-state index contributed by atoms with van der Waals surface area (Å²) in [6.07, 6.45) is 3.31. The van der Waals surface area contributed by atoms with E-state index in [4.69, 9.17) is 9.52 Å². The molecule has 1 rings (SSSR count). The first-order valence-corrected chi connectivity index (χ1v) is 8.50. The van der Waals surface area contributed by atoms with Crippen LogP contribution in [-0.2, 0) is 0 Å². The van der Waals surface area contributed by atoms with E-state index in [0.29, 0.717) is 37.3 Å². The van der Waals surface area contributed by atoms with E-state index in [0.717, 1.165) is 12.8 Å². The molecule has 1 amide bonds. The van der Waals surface area contributed by atoms with Crippen molar-refractivity contribution in [2.24, 2.45) is 0 Å². The molecular weight excluding hydrogens is 294 g/mol. The Hall–Kier alpha value is -1.62. The highest BCUT2D eigenvalue weighted by Crippen LogP contribution is 2.21. The Morgan fingerprint density at radius 3 is 2.57 bits per heavy atom. The second kappa shape index (κ2) is 9.50. The minimum absolute atomic E-state index is 0.108. The standard InChI is InChI=1S/C18H29NO4/c1-5-9-13(3)15-12-14(4)16(18(22)23-15)17(21)19(6-2)10-7-8-11-20/h12-13,20H,5-11H2,1-4H3. The molecule has 0 aliphatic heterocycles. The van der Waals surface area contributed by atoms with Crippen molar-refractivity contribution in [1.82, 2.24) is 4.90 Å². The highest BCUT2D eigenvalue weighted by Gasteiger charge is 2.22. The fourth-order valence-corrected chi connectivity index (χ4v) is 2.68. The third-order valence-electron chi connectivity index (χ3n) is 4.09. The zero-order valence-electron chi connectivity index (χ0n) is 14.7. The molecule has 1 N–H and O–H groups in total. The van der Waals surface area contributed by atoms with Gasteiger partial charge in [0.1, 0.15) is 11.3 Å². The molecule has 5 nitrogen and oxygen atoms in total. The number of unbranched alkanes of at least 4 members (excludes halogenated alkanes) is 1. The lowest BCUT2D eigenvalue weighted by atomic mass is 10.0. The van der Waals surface area contributed by atoms with E-state index in [1.54, 1.807) is 11.8 Å². The van der Waals surface area contributed by atoms with E-state index >= 15 is 0 Å². The van der Waals surface area contributed by atoms with E-state index in [1.807, 2.05) is 19.9 Å². The Bertz CT molecular complexity index is 565. The number of aliphatic hydroxyl groups is 1. The number of hydrogen-bond acceptors (Lipinski definition) is 4. The van der Waals surface area contributed by atoms with Gasteiger partial charge in [0.05, 0.1) is 0 Å². The van der Waals surface area contributed by atoms with Crippen LogP contribution >= 0.6 is 0 Å². The van der Waals surface area contributed by atoms with Gasteiger partial charge in [-0.25, -0.2) is 4.79 Å². The fraction of sp³-hybridized carbons (Fsp3) is 0.667. The van der Waals surface area contributed by atoms with E-state index in [1.165, 1.54) is 0 Å². The van der Waals surface area contributed by atoms with Gasteiger partial charge < -0.3 is 14.4 Å². The molecular formula is C18H29NO4. The van der Waals surface area contributed by atoms with Crippen LogP contribution in [0.4, 0.5) is 0 Å². The first-order valence-electron chi connectivity index (χ1n) is 8.50. The summed E-state index contributed by atoms with van der Waals surface area (Å²) in [5, 5.41) is 8.85. The third kappa shape index (κ3) is 5.20. The third-order valence-corrected chi connectivity index (χ3v) is 4.09. The highest BCUT2D eigenvalue weighted by molar-refractivity contribution is 5.95. The minimum Gasteiger partial charge on any atom is -0.427 e. The quantitative estimate of drug-likeness (QED) is 0.709. The van der Waals surface area contributed by atoms with Crippen molar-refractivity contribution in [2.75, 3.05) is 19.7 Å². The Balaban J connectivity index is 3.02. The monoisotopic (exact) mass is 323 g/mol. The number of rotatable bonds is 9. The lowest BCUT2D eigenvalue weighted by molar-refractivity contribution is 0.0752. The Morgan fingerprint density at radius 1 is 1.35 bits per heavy atom. The zero-order valence-corrected chi connectivity index (χ0v) is 14.7. The number of amides is 1. The molecule has 0 aliphatic rings. The van der Waals surface area contributed by atoms with Gasteiger partial charge in [0.25, 0.3) is 5.91 Å². The topological polar surface area (TPSA) is 70.8 Å². The maximum atomic E-state index is 12.6. The summed E-state index contributed by atoms with van der Waals surface area (Å²) >= 11 is 0. The lowest BCUT2D eigenvalue weighted by Gasteiger charge is -2.21. The van der Waals surface area contributed by atoms with Crippen LogP contribution in [0.2, 0.25) is 0 Å². The molecule has 23 heavy (non-hydrogen) atoms. The Morgan fingerprint density at radius 2 is 2.04 bits per heavy atom. The SMILES string of the molecule is CCCC(C)c1cc(C)c(C(=O)N(CC)CCCCO)c(=O)o1. The number of carbonyl (C=O) groups is 1. The Kier molecular flexibility index (Phi) is 8.03. The van der Waals surface area contributed by atoms with Crippen molar-refractivity contribution in [3.8, 4) is 0 Å². The van der Waals surface area contributed by atoms with Crippen molar-refractivity contribution in [2.45, 2.75) is 59.3 Å². The number of carbonyl (C=O) groups excluding carboxylic acids is 1. The number of nitrogens with zero attached hydrogens (tertiary/aromatic N) is 1. The lowest BCUT2D eigenvalue weighted by Crippen LogP contribution is -2.35. The van der Waals surface area contributed by atoms with Gasteiger partial charge in [-0.3, -0.25) is 4.79 Å². The van der Waals surface area contributed by atoms with Crippen LogP contribution < -0.4 is 5.63 Å². The number of aliphatic hydroxyl groups excluding tert-OH is 1. The molecule has 0 aromatic carbocycles. The Labute approximate surface area is 138 Å². The molecule has 0 radical (unpaired) electrons. The van der Waals surface area contributed by atoms with Crippen molar-refractivity contribution in [3.05, 3.63) is 33.4 Å². The van der Waals surface area contributed by atoms with E-state index < -0.39 is 5.63 Å². The van der Waals surface area contributed by atoms with Gasteiger partial charge >= 0.3 is 5.63 Å². The van der Waals surface area contributed by atoms with Crippen LogP contribution in [-0.4, -0.2) is 35.6 Å². The molecule has 1 unspecified atom stereocenters. The molecule has 5 heteroatoms. The van der Waals surface area contributed by atoms with Crippen LogP contribution in [0, 0.1) is 6.92 Å². The number of hydrogen-bond donors (Lipinski definition) is 1. The molecule has 0 spiro atoms. The second-order valence-electron chi connectivity index (χ2n) is 6.00. The largest absolute Gasteiger partial charge is 0.427 e. The summed E-state index contributed by atoms with van der Waals surface area (Å²) in [6.45, 7) is 8.94. The summed E-state index contributed by atoms with van der Waals surface area (Å²) in [5.74, 6) is 0.531. The van der Waals surface area contributed by atoms with Crippen LogP contribution in [0.3, 0.4) is 0 Å². The molecule has 0 fully saturated rings. The predicted molar refractivity (Wildman–Crippen MR) is 90.9 cm³/mol. The average Bonchev–Trinajstić information content (AvgIpc) is 2.51. The molecule has 0 saturated carbocycles. The molecule has 0 bridgehead atoms. The first kappa shape index (κ1) is 19.4. The van der Waals surface area contributed by atoms with Gasteiger partial charge in [-0.15, -0.1) is 0 Å². The normalized spacial score (nSPS) is 12.2. The molecule has 1 aromatic rings. The average molecular weight is 323 g/mol. The molecule has 0 saturated heterocycles. The molecule has 0 aliphatic carbocycles. The van der Waals surface area contributed by atoms with E-state index in [2.05, 4.69) is 6.92 Å². The predicted octanol–water partition coefficient (Wildman–Crippen LogP) is 3.09. The smallest absolute Gasteiger partial charge is 0.349 e. The fourth-order valence-electron chi connectivity index (χ4n) is 2.68. The highest BCUT2D eigenvalue weighted by atomic mass is 16.4. The second-order valence-corrected chi connectivity index (χ2v) is 6.00. The molecule has 1 heterocycles. The van der Waals surface area contributed by atoms with Gasteiger partial charge in [0.2, 0.25) is 0 Å². The van der Waals surface area contributed by atoms with E-state index in [-0.39, 0.29) is 24.0 Å². The number of aryl methyl sites for hydroxylation is 1. The summed E-state index contributed by atoms with van der Waals surface area (Å²) in [5.41, 5.74) is 0.252. The van der Waals surface area contributed by atoms with Gasteiger partial charge in [-0.05, 0) is 44.7 Å². The molecule has 1 aromatic heterocycles. The first-order chi connectivity index (χ1) is 11.0. The van der Waals surface area contributed by atoms with Crippen LogP contribution in [0.15, 0.2) is 15.3 Å². The maximum absolute atomic E-state index is 12.6. The van der Waals surface area contributed by atoms with Crippen molar-refractivity contribution < 1.29 is 14.3 Å². The van der Waals surface area contributed by atoms with Gasteiger partial charge in [0, 0.05) is 25.6 Å². The summed E-state index contributed by atoms with van der Waals surface area (Å²) in [6, 6.07) is 1.82. The summed E-state index contributed by atoms with van der Waals surface area (Å²) < 4.78 is 5.40. The van der Waals surface area contributed by atoms with Gasteiger partial charge in [-0.2, -0.15) is 0 Å².